The van der Waals surface area contributed by atoms with Crippen LogP contribution in [0.1, 0.15) is 90.6 Å². The molecule has 0 spiro atoms. The van der Waals surface area contributed by atoms with Gasteiger partial charge in [-0.05, 0) is 36.0 Å². The molecule has 0 fully saturated rings. The summed E-state index contributed by atoms with van der Waals surface area (Å²) >= 11 is 0. The third-order valence-electron chi connectivity index (χ3n) is 3.95. The van der Waals surface area contributed by atoms with E-state index in [4.69, 9.17) is 0 Å². The van der Waals surface area contributed by atoms with E-state index in [1.807, 2.05) is 13.8 Å². The Bertz CT molecular complexity index is 532. The predicted molar refractivity (Wildman–Crippen MR) is 86.9 cm³/mol. The molecule has 4 nitrogen and oxygen atoms in total. The first kappa shape index (κ1) is 18.2. The quantitative estimate of drug-likeness (QED) is 0.647. The molecular formula is C18H26O4. The van der Waals surface area contributed by atoms with Crippen molar-refractivity contribution in [2.24, 2.45) is 0 Å². The second kappa shape index (κ2) is 8.57. The maximum atomic E-state index is 11.6. The van der Waals surface area contributed by atoms with Crippen LogP contribution in [0.4, 0.5) is 0 Å². The van der Waals surface area contributed by atoms with E-state index in [0.717, 1.165) is 31.2 Å². The molecule has 0 unspecified atom stereocenters. The molecule has 0 saturated carbocycles. The highest BCUT2D eigenvalue weighted by Gasteiger charge is 2.23. The van der Waals surface area contributed by atoms with Crippen molar-refractivity contribution in [3.05, 3.63) is 34.4 Å². The fourth-order valence-electron chi connectivity index (χ4n) is 2.80. The molecule has 0 aliphatic carbocycles. The van der Waals surface area contributed by atoms with Crippen LogP contribution in [0, 0.1) is 0 Å². The van der Waals surface area contributed by atoms with Gasteiger partial charge in [0, 0.05) is 0 Å². The minimum absolute atomic E-state index is 0.0332. The van der Waals surface area contributed by atoms with E-state index in [2.05, 4.69) is 6.92 Å². The Morgan fingerprint density at radius 3 is 2.14 bits per heavy atom. The van der Waals surface area contributed by atoms with Crippen LogP contribution in [-0.4, -0.2) is 22.2 Å². The first-order valence-corrected chi connectivity index (χ1v) is 8.02. The maximum absolute atomic E-state index is 11.6. The van der Waals surface area contributed by atoms with Gasteiger partial charge in [0.2, 0.25) is 0 Å². The van der Waals surface area contributed by atoms with Gasteiger partial charge in [0.05, 0.1) is 11.1 Å². The molecule has 0 atom stereocenters. The monoisotopic (exact) mass is 306 g/mol. The maximum Gasteiger partial charge on any atom is 0.336 e. The molecule has 0 aromatic heterocycles. The number of unbranched alkanes of at least 4 members (excludes halogenated alkanes) is 4. The molecule has 1 aromatic carbocycles. The minimum Gasteiger partial charge on any atom is -0.478 e. The van der Waals surface area contributed by atoms with Gasteiger partial charge < -0.3 is 10.2 Å². The fraction of sp³-hybridized carbons (Fsp3) is 0.556. The summed E-state index contributed by atoms with van der Waals surface area (Å²) in [5, 5.41) is 18.7. The first-order chi connectivity index (χ1) is 10.4. The normalized spacial score (nSPS) is 10.9. The highest BCUT2D eigenvalue weighted by atomic mass is 16.4. The lowest BCUT2D eigenvalue weighted by Crippen LogP contribution is -2.14. The first-order valence-electron chi connectivity index (χ1n) is 8.02. The molecule has 4 heteroatoms. The van der Waals surface area contributed by atoms with E-state index in [1.165, 1.54) is 12.5 Å². The number of carbonyl (C=O) groups is 2. The zero-order chi connectivity index (χ0) is 16.7. The Labute approximate surface area is 132 Å². The van der Waals surface area contributed by atoms with Crippen LogP contribution >= 0.6 is 0 Å². The Morgan fingerprint density at radius 2 is 1.64 bits per heavy atom. The molecule has 1 rings (SSSR count). The molecule has 1 aromatic rings. The fourth-order valence-corrected chi connectivity index (χ4v) is 2.80. The van der Waals surface area contributed by atoms with Gasteiger partial charge in [0.25, 0.3) is 0 Å². The van der Waals surface area contributed by atoms with Gasteiger partial charge in [-0.2, -0.15) is 0 Å². The lowest BCUT2D eigenvalue weighted by Gasteiger charge is -2.17. The number of hydrogen-bond acceptors (Lipinski definition) is 2. The summed E-state index contributed by atoms with van der Waals surface area (Å²) in [6, 6.07) is 3.18. The second-order valence-corrected chi connectivity index (χ2v) is 5.99. The minimum atomic E-state index is -1.18. The smallest absolute Gasteiger partial charge is 0.336 e. The number of carboxylic acids is 2. The number of carboxylic acid groups (broad SMARTS) is 2. The van der Waals surface area contributed by atoms with Crippen LogP contribution in [0.3, 0.4) is 0 Å². The van der Waals surface area contributed by atoms with Gasteiger partial charge >= 0.3 is 11.9 Å². The molecule has 0 heterocycles. The van der Waals surface area contributed by atoms with Crippen molar-refractivity contribution in [1.29, 1.82) is 0 Å². The van der Waals surface area contributed by atoms with Crippen molar-refractivity contribution in [2.45, 2.75) is 65.2 Å². The van der Waals surface area contributed by atoms with E-state index in [0.29, 0.717) is 12.0 Å². The van der Waals surface area contributed by atoms with Crippen LogP contribution < -0.4 is 0 Å². The molecular weight excluding hydrogens is 280 g/mol. The summed E-state index contributed by atoms with van der Waals surface area (Å²) in [6.07, 6.45) is 6.03. The van der Waals surface area contributed by atoms with Gasteiger partial charge in [-0.25, -0.2) is 9.59 Å². The summed E-state index contributed by atoms with van der Waals surface area (Å²) < 4.78 is 0. The van der Waals surface area contributed by atoms with Crippen molar-refractivity contribution >= 4 is 11.9 Å². The molecule has 122 valence electrons. The van der Waals surface area contributed by atoms with Crippen molar-refractivity contribution in [3.63, 3.8) is 0 Å². The highest BCUT2D eigenvalue weighted by molar-refractivity contribution is 6.03. The Hall–Kier alpha value is -1.84. The lowest BCUT2D eigenvalue weighted by molar-refractivity contribution is 0.0650. The molecule has 0 amide bonds. The lowest BCUT2D eigenvalue weighted by atomic mass is 9.87. The summed E-state index contributed by atoms with van der Waals surface area (Å²) in [6.45, 7) is 6.15. The zero-order valence-electron chi connectivity index (χ0n) is 13.7. The topological polar surface area (TPSA) is 74.6 Å². The van der Waals surface area contributed by atoms with Gasteiger partial charge in [-0.15, -0.1) is 0 Å². The zero-order valence-corrected chi connectivity index (χ0v) is 13.7. The molecule has 2 N–H and O–H groups in total. The van der Waals surface area contributed by atoms with Crippen molar-refractivity contribution < 1.29 is 19.8 Å². The van der Waals surface area contributed by atoms with E-state index in [1.54, 1.807) is 6.07 Å². The van der Waals surface area contributed by atoms with Crippen molar-refractivity contribution in [1.82, 2.24) is 0 Å². The van der Waals surface area contributed by atoms with Crippen LogP contribution in [0.25, 0.3) is 0 Å². The molecule has 0 aliphatic heterocycles. The number of benzene rings is 1. The number of hydrogen-bond donors (Lipinski definition) is 2. The van der Waals surface area contributed by atoms with Gasteiger partial charge in [0.15, 0.2) is 0 Å². The summed E-state index contributed by atoms with van der Waals surface area (Å²) in [5.41, 5.74) is 1.49. The summed E-state index contributed by atoms with van der Waals surface area (Å²) in [4.78, 5) is 22.9. The van der Waals surface area contributed by atoms with E-state index < -0.39 is 11.9 Å². The van der Waals surface area contributed by atoms with Gasteiger partial charge in [-0.1, -0.05) is 52.5 Å². The Morgan fingerprint density at radius 1 is 1.00 bits per heavy atom. The average Bonchev–Trinajstić information content (AvgIpc) is 2.45. The summed E-state index contributed by atoms with van der Waals surface area (Å²) in [7, 11) is 0. The molecule has 0 saturated heterocycles. The number of aromatic carboxylic acids is 2. The van der Waals surface area contributed by atoms with Crippen LogP contribution in [0.15, 0.2) is 12.1 Å². The SMILES string of the molecule is CCCCCCCc1c(C(C)C)ccc(C(=O)O)c1C(=O)O. The Kier molecular flexibility index (Phi) is 7.09. The predicted octanol–water partition coefficient (Wildman–Crippen LogP) is 4.72. The highest BCUT2D eigenvalue weighted by Crippen LogP contribution is 2.28. The van der Waals surface area contributed by atoms with Crippen LogP contribution in [0.5, 0.6) is 0 Å². The van der Waals surface area contributed by atoms with E-state index >= 15 is 0 Å². The largest absolute Gasteiger partial charge is 0.478 e. The Balaban J connectivity index is 3.15. The van der Waals surface area contributed by atoms with Gasteiger partial charge in [-0.3, -0.25) is 0 Å². The number of rotatable bonds is 9. The standard InChI is InChI=1S/C18H26O4/c1-4-5-6-7-8-9-14-13(12(2)3)10-11-15(17(19)20)16(14)18(21)22/h10-12H,4-9H2,1-3H3,(H,19,20)(H,21,22). The van der Waals surface area contributed by atoms with Crippen molar-refractivity contribution in [2.75, 3.05) is 0 Å². The third-order valence-corrected chi connectivity index (χ3v) is 3.95. The van der Waals surface area contributed by atoms with Gasteiger partial charge in [0.1, 0.15) is 0 Å². The molecule has 0 aliphatic rings. The van der Waals surface area contributed by atoms with E-state index in [9.17, 15) is 19.8 Å². The van der Waals surface area contributed by atoms with Crippen LogP contribution in [-0.2, 0) is 6.42 Å². The second-order valence-electron chi connectivity index (χ2n) is 5.99. The van der Waals surface area contributed by atoms with E-state index in [-0.39, 0.29) is 17.0 Å². The third kappa shape index (κ3) is 4.58. The van der Waals surface area contributed by atoms with Crippen molar-refractivity contribution in [3.8, 4) is 0 Å². The molecule has 0 radical (unpaired) electrons. The molecule has 0 bridgehead atoms. The molecule has 22 heavy (non-hydrogen) atoms. The average molecular weight is 306 g/mol. The van der Waals surface area contributed by atoms with Crippen LogP contribution in [0.2, 0.25) is 0 Å². The summed E-state index contributed by atoms with van der Waals surface area (Å²) in [5.74, 6) is -2.16.